The number of nitrogens with one attached hydrogen (secondary N) is 3. The lowest BCUT2D eigenvalue weighted by Gasteiger charge is -2.13. The molecule has 0 saturated carbocycles. The van der Waals surface area contributed by atoms with Crippen molar-refractivity contribution in [3.63, 3.8) is 0 Å². The zero-order valence-corrected chi connectivity index (χ0v) is 22.0. The first kappa shape index (κ1) is 27.9. The van der Waals surface area contributed by atoms with Crippen LogP contribution in [-0.2, 0) is 20.9 Å². The number of nitrogens with zero attached hydrogens (tertiary/aromatic N) is 1. The third-order valence-electron chi connectivity index (χ3n) is 5.58. The van der Waals surface area contributed by atoms with Crippen LogP contribution in [0.2, 0.25) is 0 Å². The normalized spacial score (nSPS) is 10.6. The molecule has 9 nitrogen and oxygen atoms in total. The molecule has 38 heavy (non-hydrogen) atoms. The maximum atomic E-state index is 12.3. The van der Waals surface area contributed by atoms with Crippen LogP contribution >= 0.6 is 0 Å². The molecule has 3 rings (SSSR count). The van der Waals surface area contributed by atoms with Gasteiger partial charge in [0, 0.05) is 12.2 Å². The highest BCUT2D eigenvalue weighted by molar-refractivity contribution is 6.35. The molecule has 0 fully saturated rings. The van der Waals surface area contributed by atoms with Crippen LogP contribution in [0.25, 0.3) is 0 Å². The molecular weight excluding hydrogens is 484 g/mol. The van der Waals surface area contributed by atoms with Crippen molar-refractivity contribution in [2.45, 2.75) is 34.2 Å². The zero-order chi connectivity index (χ0) is 27.5. The van der Waals surface area contributed by atoms with Crippen LogP contribution in [0.3, 0.4) is 0 Å². The Balaban J connectivity index is 1.52. The lowest BCUT2D eigenvalue weighted by molar-refractivity contribution is -0.139. The van der Waals surface area contributed by atoms with Crippen LogP contribution in [-0.4, -0.2) is 37.1 Å². The summed E-state index contributed by atoms with van der Waals surface area (Å²) in [7, 11) is 0. The number of aryl methyl sites for hydroxylation is 3. The average molecular weight is 517 g/mol. The summed E-state index contributed by atoms with van der Waals surface area (Å²) < 4.78 is 11.3. The van der Waals surface area contributed by atoms with E-state index in [0.29, 0.717) is 29.4 Å². The van der Waals surface area contributed by atoms with Gasteiger partial charge in [0.05, 0.1) is 12.8 Å². The quantitative estimate of drug-likeness (QED) is 0.215. The minimum atomic E-state index is -0.881. The molecule has 0 heterocycles. The average Bonchev–Trinajstić information content (AvgIpc) is 2.90. The van der Waals surface area contributed by atoms with Crippen LogP contribution in [0, 0.1) is 20.8 Å². The Kier molecular flexibility index (Phi) is 9.99. The third-order valence-corrected chi connectivity index (χ3v) is 5.58. The maximum absolute atomic E-state index is 12.3. The smallest absolute Gasteiger partial charge is 0.329 e. The summed E-state index contributed by atoms with van der Waals surface area (Å²) in [5.41, 5.74) is 7.72. The monoisotopic (exact) mass is 516 g/mol. The summed E-state index contributed by atoms with van der Waals surface area (Å²) in [6.45, 7) is 8.20. The van der Waals surface area contributed by atoms with Crippen molar-refractivity contribution in [1.29, 1.82) is 0 Å². The van der Waals surface area contributed by atoms with E-state index in [4.69, 9.17) is 9.47 Å². The van der Waals surface area contributed by atoms with Crippen LogP contribution in [0.5, 0.6) is 11.5 Å². The van der Waals surface area contributed by atoms with Crippen LogP contribution < -0.4 is 25.5 Å². The second-order valence-electron chi connectivity index (χ2n) is 8.64. The fraction of sp³-hybridized carbons (Fsp3) is 0.241. The highest BCUT2D eigenvalue weighted by Crippen LogP contribution is 2.28. The van der Waals surface area contributed by atoms with Gasteiger partial charge in [-0.25, -0.2) is 5.43 Å². The highest BCUT2D eigenvalue weighted by Gasteiger charge is 2.13. The summed E-state index contributed by atoms with van der Waals surface area (Å²) in [6.07, 6.45) is 1.38. The number of carbonyl (C=O) groups excluding carboxylic acids is 3. The molecule has 0 aliphatic rings. The molecule has 0 saturated heterocycles. The third kappa shape index (κ3) is 8.48. The fourth-order valence-corrected chi connectivity index (χ4v) is 3.34. The summed E-state index contributed by atoms with van der Waals surface area (Å²) in [4.78, 5) is 36.4. The SMILES string of the molecule is CCOc1cc(/C=N\NC(=O)C(=O)NCc2ccc(C)cc2)ccc1OCC(=O)Nc1ccc(C)c(C)c1. The van der Waals surface area contributed by atoms with Gasteiger partial charge in [0.2, 0.25) is 0 Å². The van der Waals surface area contributed by atoms with E-state index in [9.17, 15) is 14.4 Å². The Labute approximate surface area is 222 Å². The lowest BCUT2D eigenvalue weighted by atomic mass is 10.1. The first-order valence-corrected chi connectivity index (χ1v) is 12.2. The van der Waals surface area contributed by atoms with Gasteiger partial charge in [0.25, 0.3) is 5.91 Å². The van der Waals surface area contributed by atoms with E-state index in [0.717, 1.165) is 22.3 Å². The number of hydrazone groups is 1. The molecule has 3 N–H and O–H groups in total. The van der Waals surface area contributed by atoms with E-state index >= 15 is 0 Å². The predicted octanol–water partition coefficient (Wildman–Crippen LogP) is 3.79. The van der Waals surface area contributed by atoms with Gasteiger partial charge in [-0.05, 0) is 80.3 Å². The Morgan fingerprint density at radius 3 is 2.32 bits per heavy atom. The van der Waals surface area contributed by atoms with Crippen LogP contribution in [0.15, 0.2) is 65.8 Å². The molecule has 0 radical (unpaired) electrons. The molecule has 0 bridgehead atoms. The van der Waals surface area contributed by atoms with E-state index in [1.54, 1.807) is 18.2 Å². The molecule has 0 unspecified atom stereocenters. The van der Waals surface area contributed by atoms with Gasteiger partial charge in [-0.3, -0.25) is 14.4 Å². The molecule has 0 atom stereocenters. The summed E-state index contributed by atoms with van der Waals surface area (Å²) in [5, 5.41) is 9.21. The number of amides is 3. The Hall–Kier alpha value is -4.66. The Bertz CT molecular complexity index is 1320. The topological polar surface area (TPSA) is 118 Å². The van der Waals surface area contributed by atoms with Crippen molar-refractivity contribution in [3.8, 4) is 11.5 Å². The first-order valence-electron chi connectivity index (χ1n) is 12.2. The molecule has 0 aliphatic heterocycles. The van der Waals surface area contributed by atoms with Gasteiger partial charge in [-0.15, -0.1) is 0 Å². The summed E-state index contributed by atoms with van der Waals surface area (Å²) in [6, 6.07) is 18.3. The number of benzene rings is 3. The van der Waals surface area contributed by atoms with Gasteiger partial charge < -0.3 is 20.1 Å². The standard InChI is InChI=1S/C29H32N4O5/c1-5-37-26-15-23(17-31-33-29(36)28(35)30-16-22-9-6-19(2)7-10-22)11-13-25(26)38-18-27(34)32-24-12-8-20(3)21(4)14-24/h6-15,17H,5,16,18H2,1-4H3,(H,30,35)(H,32,34)(H,33,36)/b31-17-. The van der Waals surface area contributed by atoms with Gasteiger partial charge in [0.15, 0.2) is 18.1 Å². The van der Waals surface area contributed by atoms with Crippen molar-refractivity contribution in [3.05, 3.63) is 88.5 Å². The molecule has 3 amide bonds. The molecule has 0 aliphatic carbocycles. The lowest BCUT2D eigenvalue weighted by Crippen LogP contribution is -2.37. The summed E-state index contributed by atoms with van der Waals surface area (Å²) >= 11 is 0. The van der Waals surface area contributed by atoms with Crippen molar-refractivity contribution in [2.24, 2.45) is 5.10 Å². The van der Waals surface area contributed by atoms with E-state index in [2.05, 4.69) is 21.2 Å². The molecule has 3 aromatic rings. The maximum Gasteiger partial charge on any atom is 0.329 e. The number of ether oxygens (including phenoxy) is 2. The molecule has 3 aromatic carbocycles. The van der Waals surface area contributed by atoms with E-state index in [1.165, 1.54) is 6.21 Å². The second kappa shape index (κ2) is 13.6. The number of anilines is 1. The number of hydrogen-bond acceptors (Lipinski definition) is 6. The van der Waals surface area contributed by atoms with Gasteiger partial charge in [-0.1, -0.05) is 35.9 Å². The zero-order valence-electron chi connectivity index (χ0n) is 22.0. The van der Waals surface area contributed by atoms with E-state index in [-0.39, 0.29) is 19.1 Å². The molecule has 9 heteroatoms. The minimum Gasteiger partial charge on any atom is -0.490 e. The highest BCUT2D eigenvalue weighted by atomic mass is 16.5. The Morgan fingerprint density at radius 1 is 0.842 bits per heavy atom. The van der Waals surface area contributed by atoms with Gasteiger partial charge in [-0.2, -0.15) is 5.10 Å². The first-order chi connectivity index (χ1) is 18.2. The molecule has 0 spiro atoms. The second-order valence-corrected chi connectivity index (χ2v) is 8.64. The minimum absolute atomic E-state index is 0.200. The largest absolute Gasteiger partial charge is 0.490 e. The van der Waals surface area contributed by atoms with Crippen LogP contribution in [0.1, 0.15) is 34.7 Å². The van der Waals surface area contributed by atoms with Crippen molar-refractivity contribution in [1.82, 2.24) is 10.7 Å². The Morgan fingerprint density at radius 2 is 1.61 bits per heavy atom. The number of carbonyl (C=O) groups is 3. The van der Waals surface area contributed by atoms with Crippen molar-refractivity contribution in [2.75, 3.05) is 18.5 Å². The number of rotatable bonds is 10. The van der Waals surface area contributed by atoms with Crippen LogP contribution in [0.4, 0.5) is 5.69 Å². The molecular formula is C29H32N4O5. The van der Waals surface area contributed by atoms with Gasteiger partial charge in [0.1, 0.15) is 0 Å². The predicted molar refractivity (Wildman–Crippen MR) is 146 cm³/mol. The molecule has 198 valence electrons. The van der Waals surface area contributed by atoms with Crippen molar-refractivity contribution < 1.29 is 23.9 Å². The molecule has 0 aromatic heterocycles. The van der Waals surface area contributed by atoms with Gasteiger partial charge >= 0.3 is 11.8 Å². The van der Waals surface area contributed by atoms with E-state index in [1.807, 2.05) is 70.2 Å². The van der Waals surface area contributed by atoms with E-state index < -0.39 is 11.8 Å². The summed E-state index contributed by atoms with van der Waals surface area (Å²) in [5.74, 6) is -1.17. The number of hydrogen-bond donors (Lipinski definition) is 3. The van der Waals surface area contributed by atoms with Crippen molar-refractivity contribution >= 4 is 29.6 Å². The fourth-order valence-electron chi connectivity index (χ4n) is 3.34.